The van der Waals surface area contributed by atoms with E-state index in [4.69, 9.17) is 0 Å². The summed E-state index contributed by atoms with van der Waals surface area (Å²) >= 11 is 0. The number of carbonyl (C=O) groups excluding carboxylic acids is 2. The molecule has 0 radical (unpaired) electrons. The number of rotatable bonds is 5. The first kappa shape index (κ1) is 21.7. The molecular weight excluding hydrogens is 407 g/mol. The van der Waals surface area contributed by atoms with Crippen LogP contribution in [0.1, 0.15) is 47.4 Å². The third kappa shape index (κ3) is 4.56. The van der Waals surface area contributed by atoms with Crippen molar-refractivity contribution in [1.29, 1.82) is 0 Å². The second-order valence-electron chi connectivity index (χ2n) is 8.26. The van der Waals surface area contributed by atoms with E-state index in [2.05, 4.69) is 10.4 Å². The number of piperidine rings is 1. The first-order valence-electron chi connectivity index (χ1n) is 10.9. The van der Waals surface area contributed by atoms with Gasteiger partial charge in [-0.15, -0.1) is 0 Å². The van der Waals surface area contributed by atoms with Crippen molar-refractivity contribution in [3.8, 4) is 5.69 Å². The second kappa shape index (κ2) is 9.34. The average molecular weight is 435 g/mol. The molecule has 2 amide bonds. The lowest BCUT2D eigenvalue weighted by Crippen LogP contribution is -2.45. The number of nitrogens with zero attached hydrogens (tertiary/aromatic N) is 3. The topological polar surface area (TPSA) is 67.2 Å². The summed E-state index contributed by atoms with van der Waals surface area (Å²) in [5.41, 5.74) is 3.33. The van der Waals surface area contributed by atoms with Gasteiger partial charge < -0.3 is 10.2 Å². The Kier molecular flexibility index (Phi) is 6.35. The van der Waals surface area contributed by atoms with Crippen LogP contribution in [0.25, 0.3) is 5.69 Å². The van der Waals surface area contributed by atoms with Crippen LogP contribution in [-0.4, -0.2) is 39.6 Å². The van der Waals surface area contributed by atoms with Crippen LogP contribution in [-0.2, 0) is 4.79 Å². The Labute approximate surface area is 187 Å². The van der Waals surface area contributed by atoms with Gasteiger partial charge in [0.2, 0.25) is 5.91 Å². The number of carbonyl (C=O) groups is 2. The van der Waals surface area contributed by atoms with Gasteiger partial charge in [-0.3, -0.25) is 9.59 Å². The van der Waals surface area contributed by atoms with Crippen LogP contribution in [0.2, 0.25) is 0 Å². The van der Waals surface area contributed by atoms with Gasteiger partial charge in [0.15, 0.2) is 0 Å². The van der Waals surface area contributed by atoms with Crippen molar-refractivity contribution < 1.29 is 14.0 Å². The van der Waals surface area contributed by atoms with Gasteiger partial charge in [-0.05, 0) is 63.1 Å². The highest BCUT2D eigenvalue weighted by Gasteiger charge is 2.30. The van der Waals surface area contributed by atoms with E-state index >= 15 is 0 Å². The van der Waals surface area contributed by atoms with Crippen LogP contribution < -0.4 is 5.32 Å². The summed E-state index contributed by atoms with van der Waals surface area (Å²) in [7, 11) is 0. The normalized spacial score (nSPS) is 17.1. The van der Waals surface area contributed by atoms with E-state index in [1.165, 1.54) is 24.3 Å². The van der Waals surface area contributed by atoms with Gasteiger partial charge in [0, 0.05) is 29.9 Å². The van der Waals surface area contributed by atoms with Gasteiger partial charge in [-0.1, -0.05) is 18.2 Å². The molecule has 3 aromatic rings. The lowest BCUT2D eigenvalue weighted by molar-refractivity contribution is -0.127. The van der Waals surface area contributed by atoms with Crippen LogP contribution in [0, 0.1) is 18.7 Å². The average Bonchev–Trinajstić information content (AvgIpc) is 3.21. The van der Waals surface area contributed by atoms with Crippen molar-refractivity contribution in [1.82, 2.24) is 20.0 Å². The quantitative estimate of drug-likeness (QED) is 0.659. The number of benzene rings is 2. The summed E-state index contributed by atoms with van der Waals surface area (Å²) in [4.78, 5) is 27.4. The van der Waals surface area contributed by atoms with Crippen LogP contribution >= 0.6 is 0 Å². The number of halogens is 1. The molecule has 0 saturated carbocycles. The third-order valence-corrected chi connectivity index (χ3v) is 6.04. The summed E-state index contributed by atoms with van der Waals surface area (Å²) in [6.45, 7) is 4.89. The van der Waals surface area contributed by atoms with E-state index in [-0.39, 0.29) is 29.6 Å². The molecule has 1 aliphatic heterocycles. The molecule has 4 rings (SSSR count). The molecule has 7 heteroatoms. The molecule has 1 aliphatic rings. The van der Waals surface area contributed by atoms with Gasteiger partial charge in [0.25, 0.3) is 5.91 Å². The Bertz CT molecular complexity index is 1090. The Hall–Kier alpha value is -3.48. The monoisotopic (exact) mass is 434 g/mol. The zero-order valence-corrected chi connectivity index (χ0v) is 18.3. The van der Waals surface area contributed by atoms with E-state index in [0.29, 0.717) is 18.7 Å². The lowest BCUT2D eigenvalue weighted by Gasteiger charge is -2.32. The van der Waals surface area contributed by atoms with Crippen molar-refractivity contribution in [3.05, 3.63) is 83.4 Å². The lowest BCUT2D eigenvalue weighted by atomic mass is 9.95. The van der Waals surface area contributed by atoms with Gasteiger partial charge in [-0.2, -0.15) is 5.10 Å². The summed E-state index contributed by atoms with van der Waals surface area (Å²) in [6.07, 6.45) is 3.27. The molecule has 1 saturated heterocycles. The molecule has 2 aromatic carbocycles. The molecule has 166 valence electrons. The number of para-hydroxylation sites is 1. The predicted molar refractivity (Wildman–Crippen MR) is 120 cm³/mol. The van der Waals surface area contributed by atoms with Crippen molar-refractivity contribution in [3.63, 3.8) is 0 Å². The molecule has 1 aromatic heterocycles. The molecule has 2 heterocycles. The molecule has 1 N–H and O–H groups in total. The number of hydrogen-bond donors (Lipinski definition) is 1. The Morgan fingerprint density at radius 2 is 1.84 bits per heavy atom. The largest absolute Gasteiger partial charge is 0.349 e. The molecule has 1 fully saturated rings. The molecule has 0 aliphatic carbocycles. The standard InChI is InChI=1S/C25H27FN4O2/c1-17(23-15-27-30(18(23)2)22-8-4-3-5-9-22)28-24(31)20-7-6-14-29(16-20)25(32)19-10-12-21(26)13-11-19/h3-5,8-13,15,17,20H,6-7,14,16H2,1-2H3,(H,28,31). The number of likely N-dealkylation sites (tertiary alicyclic amines) is 1. The zero-order valence-electron chi connectivity index (χ0n) is 18.3. The fourth-order valence-corrected chi connectivity index (χ4v) is 4.24. The SMILES string of the molecule is Cc1c(C(C)NC(=O)C2CCCN(C(=O)c3ccc(F)cc3)C2)cnn1-c1ccccc1. The molecule has 32 heavy (non-hydrogen) atoms. The van der Waals surface area contributed by atoms with Gasteiger partial charge >= 0.3 is 0 Å². The Morgan fingerprint density at radius 1 is 1.12 bits per heavy atom. The maximum absolute atomic E-state index is 13.2. The molecule has 0 bridgehead atoms. The highest BCUT2D eigenvalue weighted by atomic mass is 19.1. The van der Waals surface area contributed by atoms with Crippen molar-refractivity contribution in [2.75, 3.05) is 13.1 Å². The molecule has 2 atom stereocenters. The summed E-state index contributed by atoms with van der Waals surface area (Å²) in [5, 5.41) is 7.59. The third-order valence-electron chi connectivity index (χ3n) is 6.04. The maximum Gasteiger partial charge on any atom is 0.253 e. The van der Waals surface area contributed by atoms with Crippen molar-refractivity contribution >= 4 is 11.8 Å². The first-order chi connectivity index (χ1) is 15.4. The van der Waals surface area contributed by atoms with E-state index in [1.54, 1.807) is 11.1 Å². The van der Waals surface area contributed by atoms with Crippen LogP contribution in [0.4, 0.5) is 4.39 Å². The minimum Gasteiger partial charge on any atom is -0.349 e. The minimum absolute atomic E-state index is 0.0685. The maximum atomic E-state index is 13.2. The van der Waals surface area contributed by atoms with Crippen LogP contribution in [0.3, 0.4) is 0 Å². The highest BCUT2D eigenvalue weighted by Crippen LogP contribution is 2.23. The zero-order chi connectivity index (χ0) is 22.7. The first-order valence-corrected chi connectivity index (χ1v) is 10.9. The number of amides is 2. The van der Waals surface area contributed by atoms with Crippen molar-refractivity contribution in [2.45, 2.75) is 32.7 Å². The fourth-order valence-electron chi connectivity index (χ4n) is 4.24. The van der Waals surface area contributed by atoms with Gasteiger partial charge in [0.1, 0.15) is 5.82 Å². The van der Waals surface area contributed by atoms with E-state index in [0.717, 1.165) is 29.8 Å². The highest BCUT2D eigenvalue weighted by molar-refractivity contribution is 5.94. The van der Waals surface area contributed by atoms with E-state index in [1.807, 2.05) is 48.9 Å². The predicted octanol–water partition coefficient (Wildman–Crippen LogP) is 4.05. The van der Waals surface area contributed by atoms with Gasteiger partial charge in [0.05, 0.1) is 23.8 Å². The smallest absolute Gasteiger partial charge is 0.253 e. The molecule has 6 nitrogen and oxygen atoms in total. The number of aromatic nitrogens is 2. The molecule has 2 unspecified atom stereocenters. The van der Waals surface area contributed by atoms with E-state index < -0.39 is 0 Å². The number of nitrogens with one attached hydrogen (secondary N) is 1. The van der Waals surface area contributed by atoms with Crippen molar-refractivity contribution in [2.24, 2.45) is 5.92 Å². The number of hydrogen-bond acceptors (Lipinski definition) is 3. The van der Waals surface area contributed by atoms with E-state index in [9.17, 15) is 14.0 Å². The summed E-state index contributed by atoms with van der Waals surface area (Å²) in [6, 6.07) is 15.2. The Balaban J connectivity index is 1.41. The summed E-state index contributed by atoms with van der Waals surface area (Å²) < 4.78 is 15.0. The summed E-state index contributed by atoms with van der Waals surface area (Å²) in [5.74, 6) is -0.895. The van der Waals surface area contributed by atoms with Crippen LogP contribution in [0.15, 0.2) is 60.8 Å². The molecular formula is C25H27FN4O2. The molecule has 0 spiro atoms. The minimum atomic E-state index is -0.377. The fraction of sp³-hybridized carbons (Fsp3) is 0.320. The Morgan fingerprint density at radius 3 is 2.56 bits per heavy atom. The second-order valence-corrected chi connectivity index (χ2v) is 8.26. The van der Waals surface area contributed by atoms with Crippen LogP contribution in [0.5, 0.6) is 0 Å². The van der Waals surface area contributed by atoms with Gasteiger partial charge in [-0.25, -0.2) is 9.07 Å².